The van der Waals surface area contributed by atoms with Crippen molar-refractivity contribution in [3.05, 3.63) is 46.2 Å². The summed E-state index contributed by atoms with van der Waals surface area (Å²) in [6.07, 6.45) is 8.50. The molecule has 166 valence electrons. The third kappa shape index (κ3) is 5.80. The smallest absolute Gasteiger partial charge is 0.191 e. The van der Waals surface area contributed by atoms with E-state index in [9.17, 15) is 0 Å². The van der Waals surface area contributed by atoms with Gasteiger partial charge in [0.1, 0.15) is 5.75 Å². The number of ether oxygens (including phenoxy) is 1. The third-order valence-electron chi connectivity index (χ3n) is 5.61. The predicted molar refractivity (Wildman–Crippen MR) is 128 cm³/mol. The van der Waals surface area contributed by atoms with Crippen molar-refractivity contribution in [3.63, 3.8) is 0 Å². The number of anilines is 1. The first-order chi connectivity index (χ1) is 15.3. The summed E-state index contributed by atoms with van der Waals surface area (Å²) in [5, 5.41) is 17.1. The highest BCUT2D eigenvalue weighted by Crippen LogP contribution is 2.34. The summed E-state index contributed by atoms with van der Waals surface area (Å²) < 4.78 is 7.72. The van der Waals surface area contributed by atoms with E-state index in [1.807, 2.05) is 18.2 Å². The molecule has 0 unspecified atom stereocenters. The lowest BCUT2D eigenvalue weighted by Gasteiger charge is -2.25. The highest BCUT2D eigenvalue weighted by atomic mass is 32.2. The zero-order valence-electron chi connectivity index (χ0n) is 18.3. The second-order valence-electron chi connectivity index (χ2n) is 7.92. The predicted octanol–water partition coefficient (Wildman–Crippen LogP) is 6.11. The second-order valence-corrected chi connectivity index (χ2v) is 9.80. The standard InChI is InChI=1S/C23H31N5OS2/c1-3-8-22-25-18(15-30-22)16-31-23-27-26-21(28(23)19-10-5-4-6-11-19)14-24-17-9-7-12-20(13-17)29-2/h7,9,12-13,15,19,24H,3-6,8,10-11,14,16H2,1-2H3. The van der Waals surface area contributed by atoms with Crippen molar-refractivity contribution < 1.29 is 4.74 Å². The summed E-state index contributed by atoms with van der Waals surface area (Å²) in [5.41, 5.74) is 2.17. The Labute approximate surface area is 192 Å². The first-order valence-electron chi connectivity index (χ1n) is 11.1. The molecular weight excluding hydrogens is 426 g/mol. The molecule has 0 aliphatic heterocycles. The molecule has 0 spiro atoms. The number of rotatable bonds is 10. The molecule has 0 atom stereocenters. The number of hydrogen-bond acceptors (Lipinski definition) is 7. The van der Waals surface area contributed by atoms with E-state index >= 15 is 0 Å². The van der Waals surface area contributed by atoms with Crippen LogP contribution in [0.15, 0.2) is 34.8 Å². The van der Waals surface area contributed by atoms with Gasteiger partial charge in [-0.1, -0.05) is 44.0 Å². The minimum Gasteiger partial charge on any atom is -0.497 e. The quantitative estimate of drug-likeness (QED) is 0.371. The van der Waals surface area contributed by atoms with Crippen molar-refractivity contribution in [2.75, 3.05) is 12.4 Å². The topological polar surface area (TPSA) is 64.9 Å². The van der Waals surface area contributed by atoms with Gasteiger partial charge in [0, 0.05) is 28.9 Å². The number of benzene rings is 1. The average molecular weight is 458 g/mol. The molecule has 1 N–H and O–H groups in total. The first-order valence-corrected chi connectivity index (χ1v) is 13.0. The molecule has 1 aliphatic carbocycles. The summed E-state index contributed by atoms with van der Waals surface area (Å²) in [5.74, 6) is 2.69. The van der Waals surface area contributed by atoms with Gasteiger partial charge >= 0.3 is 0 Å². The molecule has 1 aromatic carbocycles. The Morgan fingerprint density at radius 3 is 2.90 bits per heavy atom. The van der Waals surface area contributed by atoms with E-state index in [4.69, 9.17) is 9.72 Å². The average Bonchev–Trinajstić information content (AvgIpc) is 3.44. The molecule has 8 heteroatoms. The highest BCUT2D eigenvalue weighted by molar-refractivity contribution is 7.98. The van der Waals surface area contributed by atoms with Crippen LogP contribution in [0.4, 0.5) is 5.69 Å². The van der Waals surface area contributed by atoms with E-state index in [2.05, 4.69) is 38.5 Å². The number of nitrogens with one attached hydrogen (secondary N) is 1. The number of aromatic nitrogens is 4. The molecule has 4 rings (SSSR count). The van der Waals surface area contributed by atoms with E-state index < -0.39 is 0 Å². The van der Waals surface area contributed by atoms with Crippen LogP contribution >= 0.6 is 23.1 Å². The first kappa shape index (κ1) is 22.1. The number of hydrogen-bond donors (Lipinski definition) is 1. The Hall–Kier alpha value is -2.06. The van der Waals surface area contributed by atoms with Gasteiger partial charge in [-0.2, -0.15) is 0 Å². The molecule has 0 radical (unpaired) electrons. The summed E-state index contributed by atoms with van der Waals surface area (Å²) >= 11 is 3.53. The number of thiazole rings is 1. The molecule has 0 saturated heterocycles. The molecular formula is C23H31N5OS2. The van der Waals surface area contributed by atoms with Gasteiger partial charge < -0.3 is 14.6 Å². The number of nitrogens with zero attached hydrogens (tertiary/aromatic N) is 4. The Morgan fingerprint density at radius 1 is 1.23 bits per heavy atom. The maximum Gasteiger partial charge on any atom is 0.191 e. The molecule has 2 heterocycles. The van der Waals surface area contributed by atoms with Crippen molar-refractivity contribution in [2.24, 2.45) is 0 Å². The van der Waals surface area contributed by atoms with Crippen LogP contribution in [0.25, 0.3) is 0 Å². The Balaban J connectivity index is 1.48. The largest absolute Gasteiger partial charge is 0.497 e. The Bertz CT molecular complexity index is 965. The Kier molecular flexibility index (Phi) is 7.86. The molecule has 1 fully saturated rings. The van der Waals surface area contributed by atoms with E-state index in [-0.39, 0.29) is 0 Å². The molecule has 3 aromatic rings. The van der Waals surface area contributed by atoms with E-state index in [0.29, 0.717) is 12.6 Å². The summed E-state index contributed by atoms with van der Waals surface area (Å²) in [7, 11) is 1.69. The summed E-state index contributed by atoms with van der Waals surface area (Å²) in [4.78, 5) is 4.77. The van der Waals surface area contributed by atoms with Crippen LogP contribution in [0.3, 0.4) is 0 Å². The van der Waals surface area contributed by atoms with Gasteiger partial charge in [-0.05, 0) is 37.8 Å². The lowest BCUT2D eigenvalue weighted by atomic mass is 9.95. The zero-order valence-corrected chi connectivity index (χ0v) is 20.0. The lowest BCUT2D eigenvalue weighted by Crippen LogP contribution is -2.18. The van der Waals surface area contributed by atoms with Crippen molar-refractivity contribution in [2.45, 2.75) is 75.4 Å². The van der Waals surface area contributed by atoms with Crippen molar-refractivity contribution in [1.82, 2.24) is 19.7 Å². The summed E-state index contributed by atoms with van der Waals surface area (Å²) in [6.45, 7) is 2.85. The maximum absolute atomic E-state index is 5.34. The molecule has 0 bridgehead atoms. The van der Waals surface area contributed by atoms with Gasteiger partial charge in [0.25, 0.3) is 0 Å². The monoisotopic (exact) mass is 457 g/mol. The number of methoxy groups -OCH3 is 1. The molecule has 1 saturated carbocycles. The SMILES string of the molecule is CCCc1nc(CSc2nnc(CNc3cccc(OC)c3)n2C2CCCCC2)cs1. The number of thioether (sulfide) groups is 1. The normalized spacial score (nSPS) is 14.6. The van der Waals surface area contributed by atoms with Crippen LogP contribution < -0.4 is 10.1 Å². The summed E-state index contributed by atoms with van der Waals surface area (Å²) in [6, 6.07) is 8.49. The van der Waals surface area contributed by atoms with Gasteiger partial charge in [-0.3, -0.25) is 0 Å². The van der Waals surface area contributed by atoms with Crippen LogP contribution in [0, 0.1) is 0 Å². The van der Waals surface area contributed by atoms with Crippen molar-refractivity contribution >= 4 is 28.8 Å². The van der Waals surface area contributed by atoms with E-state index in [0.717, 1.165) is 46.7 Å². The minimum atomic E-state index is 0.486. The minimum absolute atomic E-state index is 0.486. The highest BCUT2D eigenvalue weighted by Gasteiger charge is 2.23. The van der Waals surface area contributed by atoms with E-state index in [1.54, 1.807) is 30.2 Å². The molecule has 0 amide bonds. The van der Waals surface area contributed by atoms with Gasteiger partial charge in [0.05, 0.1) is 24.4 Å². The van der Waals surface area contributed by atoms with Gasteiger partial charge in [-0.25, -0.2) is 4.98 Å². The molecule has 2 aromatic heterocycles. The van der Waals surface area contributed by atoms with Gasteiger partial charge in [0.15, 0.2) is 11.0 Å². The molecule has 6 nitrogen and oxygen atoms in total. The fourth-order valence-electron chi connectivity index (χ4n) is 4.03. The fraction of sp³-hybridized carbons (Fsp3) is 0.522. The molecule has 1 aliphatic rings. The van der Waals surface area contributed by atoms with Crippen LogP contribution in [-0.4, -0.2) is 26.9 Å². The number of aryl methyl sites for hydroxylation is 1. The zero-order chi connectivity index (χ0) is 21.5. The van der Waals surface area contributed by atoms with Crippen LogP contribution in [0.1, 0.15) is 68.0 Å². The van der Waals surface area contributed by atoms with Crippen molar-refractivity contribution in [1.29, 1.82) is 0 Å². The van der Waals surface area contributed by atoms with Gasteiger partial charge in [0.2, 0.25) is 0 Å². The van der Waals surface area contributed by atoms with Gasteiger partial charge in [-0.15, -0.1) is 21.5 Å². The maximum atomic E-state index is 5.34. The Morgan fingerprint density at radius 2 is 2.10 bits per heavy atom. The van der Waals surface area contributed by atoms with E-state index in [1.165, 1.54) is 37.1 Å². The van der Waals surface area contributed by atoms with Crippen LogP contribution in [0.5, 0.6) is 5.75 Å². The third-order valence-corrected chi connectivity index (χ3v) is 7.54. The second kappa shape index (κ2) is 11.0. The molecule has 31 heavy (non-hydrogen) atoms. The fourth-order valence-corrected chi connectivity index (χ4v) is 5.95. The lowest BCUT2D eigenvalue weighted by molar-refractivity contribution is 0.330. The van der Waals surface area contributed by atoms with Crippen LogP contribution in [-0.2, 0) is 18.7 Å². The van der Waals surface area contributed by atoms with Crippen molar-refractivity contribution in [3.8, 4) is 5.75 Å². The van der Waals surface area contributed by atoms with Crippen LogP contribution in [0.2, 0.25) is 0 Å².